The highest BCUT2D eigenvalue weighted by atomic mass is 127. The number of benzene rings is 2. The van der Waals surface area contributed by atoms with Crippen molar-refractivity contribution in [3.05, 3.63) is 65.5 Å². The Bertz CT molecular complexity index is 1050. The fourth-order valence-corrected chi connectivity index (χ4v) is 3.75. The van der Waals surface area contributed by atoms with E-state index in [1.807, 2.05) is 12.1 Å². The van der Waals surface area contributed by atoms with Gasteiger partial charge in [0.1, 0.15) is 18.7 Å². The molecule has 1 saturated heterocycles. The monoisotopic (exact) mass is 576 g/mol. The van der Waals surface area contributed by atoms with Gasteiger partial charge in [0.05, 0.1) is 12.6 Å². The highest BCUT2D eigenvalue weighted by molar-refractivity contribution is 14.0. The maximum atomic E-state index is 6.13. The van der Waals surface area contributed by atoms with Crippen LogP contribution in [0.4, 0.5) is 0 Å². The number of nitrogens with zero attached hydrogens (tertiary/aromatic N) is 3. The highest BCUT2D eigenvalue weighted by Crippen LogP contribution is 2.22. The van der Waals surface area contributed by atoms with Gasteiger partial charge in [0, 0.05) is 30.8 Å². The third-order valence-corrected chi connectivity index (χ3v) is 5.50. The second kappa shape index (κ2) is 13.3. The minimum Gasteiger partial charge on any atom is -0.491 e. The number of ether oxygens (including phenoxy) is 2. The molecule has 8 nitrogen and oxygen atoms in total. The summed E-state index contributed by atoms with van der Waals surface area (Å²) >= 11 is 0. The van der Waals surface area contributed by atoms with Crippen molar-refractivity contribution in [2.75, 3.05) is 19.8 Å². The SMILES string of the molecule is CCNC(=NCc1cccc(-c2ncn[nH]2)c1)NCc1ccc(C)cc1OCC1CCCO1.I. The maximum absolute atomic E-state index is 6.13. The first-order chi connectivity index (χ1) is 16.2. The lowest BCUT2D eigenvalue weighted by Gasteiger charge is -2.17. The summed E-state index contributed by atoms with van der Waals surface area (Å²) < 4.78 is 11.8. The number of aromatic amines is 1. The third kappa shape index (κ3) is 7.42. The molecule has 4 rings (SSSR count). The number of nitrogens with one attached hydrogen (secondary N) is 3. The molecule has 0 spiro atoms. The number of guanidine groups is 1. The second-order valence-electron chi connectivity index (χ2n) is 8.14. The van der Waals surface area contributed by atoms with E-state index in [2.05, 4.69) is 70.0 Å². The summed E-state index contributed by atoms with van der Waals surface area (Å²) in [4.78, 5) is 8.99. The molecule has 1 aliphatic rings. The van der Waals surface area contributed by atoms with E-state index in [1.165, 1.54) is 11.9 Å². The summed E-state index contributed by atoms with van der Waals surface area (Å²) in [6, 6.07) is 14.5. The quantitative estimate of drug-likeness (QED) is 0.201. The topological polar surface area (TPSA) is 96.5 Å². The minimum atomic E-state index is 0. The number of hydrogen-bond donors (Lipinski definition) is 3. The lowest BCUT2D eigenvalue weighted by Crippen LogP contribution is -2.36. The standard InChI is InChI=1S/C25H32N6O2.HI/c1-3-26-25(27-14-19-6-4-7-20(13-19)24-29-17-30-31-24)28-15-21-10-9-18(2)12-23(21)33-16-22-8-5-11-32-22;/h4,6-7,9-10,12-13,17,22H,3,5,8,11,14-16H2,1-2H3,(H2,26,27,28)(H,29,30,31);1H. The second-order valence-corrected chi connectivity index (χ2v) is 8.14. The number of halogens is 1. The van der Waals surface area contributed by atoms with Crippen molar-refractivity contribution < 1.29 is 9.47 Å². The summed E-state index contributed by atoms with van der Waals surface area (Å²) in [5.74, 6) is 2.41. The van der Waals surface area contributed by atoms with E-state index < -0.39 is 0 Å². The number of aliphatic imine (C=N–C) groups is 1. The Morgan fingerprint density at radius 2 is 2.15 bits per heavy atom. The molecule has 1 aromatic heterocycles. The van der Waals surface area contributed by atoms with Gasteiger partial charge in [-0.3, -0.25) is 5.10 Å². The Morgan fingerprint density at radius 1 is 1.24 bits per heavy atom. The fraction of sp³-hybridized carbons (Fsp3) is 0.400. The van der Waals surface area contributed by atoms with Crippen LogP contribution in [0.25, 0.3) is 11.4 Å². The number of rotatable bonds is 9. The van der Waals surface area contributed by atoms with Gasteiger partial charge in [0.25, 0.3) is 0 Å². The van der Waals surface area contributed by atoms with Crippen LogP contribution < -0.4 is 15.4 Å². The first-order valence-electron chi connectivity index (χ1n) is 11.5. The van der Waals surface area contributed by atoms with Crippen molar-refractivity contribution in [2.45, 2.75) is 45.9 Å². The largest absolute Gasteiger partial charge is 0.491 e. The molecular formula is C25H33IN6O2. The van der Waals surface area contributed by atoms with E-state index in [9.17, 15) is 0 Å². The molecule has 0 amide bonds. The molecule has 1 atom stereocenters. The number of hydrogen-bond acceptors (Lipinski definition) is 5. The Morgan fingerprint density at radius 3 is 2.91 bits per heavy atom. The molecule has 0 saturated carbocycles. The molecule has 1 aliphatic heterocycles. The summed E-state index contributed by atoms with van der Waals surface area (Å²) in [5, 5.41) is 13.6. The zero-order chi connectivity index (χ0) is 22.9. The van der Waals surface area contributed by atoms with Crippen molar-refractivity contribution in [2.24, 2.45) is 4.99 Å². The minimum absolute atomic E-state index is 0. The smallest absolute Gasteiger partial charge is 0.191 e. The number of aromatic nitrogens is 3. The molecule has 2 aromatic carbocycles. The van der Waals surface area contributed by atoms with Gasteiger partial charge in [-0.25, -0.2) is 9.98 Å². The predicted molar refractivity (Wildman–Crippen MR) is 145 cm³/mol. The molecule has 34 heavy (non-hydrogen) atoms. The lowest BCUT2D eigenvalue weighted by atomic mass is 10.1. The summed E-state index contributed by atoms with van der Waals surface area (Å²) in [7, 11) is 0. The van der Waals surface area contributed by atoms with E-state index in [4.69, 9.17) is 14.5 Å². The fourth-order valence-electron chi connectivity index (χ4n) is 3.75. The summed E-state index contributed by atoms with van der Waals surface area (Å²) in [5.41, 5.74) is 4.35. The summed E-state index contributed by atoms with van der Waals surface area (Å²) in [6.07, 6.45) is 3.88. The van der Waals surface area contributed by atoms with Gasteiger partial charge in [0.2, 0.25) is 0 Å². The zero-order valence-electron chi connectivity index (χ0n) is 19.7. The van der Waals surface area contributed by atoms with Crippen molar-refractivity contribution in [3.63, 3.8) is 0 Å². The van der Waals surface area contributed by atoms with Crippen LogP contribution >= 0.6 is 24.0 Å². The Labute approximate surface area is 218 Å². The van der Waals surface area contributed by atoms with Crippen molar-refractivity contribution >= 4 is 29.9 Å². The highest BCUT2D eigenvalue weighted by Gasteiger charge is 2.17. The number of aryl methyl sites for hydroxylation is 1. The van der Waals surface area contributed by atoms with Crippen LogP contribution in [0, 0.1) is 6.92 Å². The van der Waals surface area contributed by atoms with Crippen LogP contribution in [-0.2, 0) is 17.8 Å². The Kier molecular flexibility index (Phi) is 10.1. The third-order valence-electron chi connectivity index (χ3n) is 5.50. The van der Waals surface area contributed by atoms with Crippen molar-refractivity contribution in [1.29, 1.82) is 0 Å². The van der Waals surface area contributed by atoms with E-state index in [0.717, 1.165) is 60.2 Å². The zero-order valence-corrected chi connectivity index (χ0v) is 22.0. The van der Waals surface area contributed by atoms with Crippen LogP contribution in [-0.4, -0.2) is 47.0 Å². The predicted octanol–water partition coefficient (Wildman–Crippen LogP) is 4.21. The molecule has 0 aliphatic carbocycles. The molecule has 3 aromatic rings. The van der Waals surface area contributed by atoms with Crippen LogP contribution in [0.15, 0.2) is 53.8 Å². The van der Waals surface area contributed by atoms with Gasteiger partial charge >= 0.3 is 0 Å². The van der Waals surface area contributed by atoms with Crippen LogP contribution in [0.5, 0.6) is 5.75 Å². The lowest BCUT2D eigenvalue weighted by molar-refractivity contribution is 0.0676. The van der Waals surface area contributed by atoms with Gasteiger partial charge in [-0.2, -0.15) is 5.10 Å². The molecule has 1 unspecified atom stereocenters. The van der Waals surface area contributed by atoms with Crippen LogP contribution in [0.2, 0.25) is 0 Å². The van der Waals surface area contributed by atoms with E-state index in [-0.39, 0.29) is 30.1 Å². The van der Waals surface area contributed by atoms with Crippen LogP contribution in [0.1, 0.15) is 36.5 Å². The van der Waals surface area contributed by atoms with Crippen LogP contribution in [0.3, 0.4) is 0 Å². The molecule has 0 radical (unpaired) electrons. The average molecular weight is 576 g/mol. The normalized spacial score (nSPS) is 15.6. The van der Waals surface area contributed by atoms with Gasteiger partial charge in [0.15, 0.2) is 11.8 Å². The van der Waals surface area contributed by atoms with Gasteiger partial charge < -0.3 is 20.1 Å². The molecule has 1 fully saturated rings. The number of H-pyrrole nitrogens is 1. The van der Waals surface area contributed by atoms with E-state index >= 15 is 0 Å². The van der Waals surface area contributed by atoms with Gasteiger partial charge in [-0.15, -0.1) is 24.0 Å². The van der Waals surface area contributed by atoms with Gasteiger partial charge in [-0.05, 0) is 49.9 Å². The molecular weight excluding hydrogens is 543 g/mol. The maximum Gasteiger partial charge on any atom is 0.191 e. The first kappa shape index (κ1) is 26.0. The molecule has 9 heteroatoms. The van der Waals surface area contributed by atoms with Crippen molar-refractivity contribution in [3.8, 4) is 17.1 Å². The molecule has 3 N–H and O–H groups in total. The first-order valence-corrected chi connectivity index (χ1v) is 11.5. The molecule has 2 heterocycles. The van der Waals surface area contributed by atoms with E-state index in [1.54, 1.807) is 0 Å². The van der Waals surface area contributed by atoms with Crippen molar-refractivity contribution in [1.82, 2.24) is 25.8 Å². The van der Waals surface area contributed by atoms with Gasteiger partial charge in [-0.1, -0.05) is 30.3 Å². The van der Waals surface area contributed by atoms with E-state index in [0.29, 0.717) is 19.7 Å². The summed E-state index contributed by atoms with van der Waals surface area (Å²) in [6.45, 7) is 7.50. The Balaban J connectivity index is 0.00000324. The molecule has 0 bridgehead atoms. The Hall–Kier alpha value is -2.66. The molecule has 182 valence electrons. The average Bonchev–Trinajstić information content (AvgIpc) is 3.55.